The van der Waals surface area contributed by atoms with E-state index in [4.69, 9.17) is 4.74 Å². The van der Waals surface area contributed by atoms with Gasteiger partial charge in [-0.3, -0.25) is 0 Å². The number of aryl methyl sites for hydroxylation is 1. The largest absolute Gasteiger partial charge is 0.451 e. The summed E-state index contributed by atoms with van der Waals surface area (Å²) in [6.45, 7) is 6.03. The molecule has 0 aromatic heterocycles. The summed E-state index contributed by atoms with van der Waals surface area (Å²) in [6.07, 6.45) is 0.816. The third-order valence-corrected chi connectivity index (χ3v) is 3.01. The van der Waals surface area contributed by atoms with Crippen molar-refractivity contribution in [3.8, 4) is 0 Å². The first kappa shape index (κ1) is 9.25. The molecule has 0 spiro atoms. The van der Waals surface area contributed by atoms with Crippen LogP contribution in [-0.4, -0.2) is 5.97 Å². The van der Waals surface area contributed by atoms with E-state index in [-0.39, 0.29) is 5.97 Å². The van der Waals surface area contributed by atoms with E-state index < -0.39 is 5.60 Å². The molecule has 1 aromatic carbocycles. The van der Waals surface area contributed by atoms with Gasteiger partial charge in [-0.25, -0.2) is 4.79 Å². The fraction of sp³-hybridized carbons (Fsp3) is 0.417. The Morgan fingerprint density at radius 3 is 2.79 bits per heavy atom. The van der Waals surface area contributed by atoms with Crippen LogP contribution in [0.15, 0.2) is 18.2 Å². The van der Waals surface area contributed by atoms with Gasteiger partial charge in [-0.15, -0.1) is 0 Å². The molecule has 0 bridgehead atoms. The van der Waals surface area contributed by atoms with Gasteiger partial charge >= 0.3 is 5.97 Å². The Bertz CT molecular complexity index is 395. The zero-order valence-corrected chi connectivity index (χ0v) is 8.76. The summed E-state index contributed by atoms with van der Waals surface area (Å²) in [5.74, 6) is -0.187. The van der Waals surface area contributed by atoms with E-state index in [1.165, 1.54) is 0 Å². The molecule has 1 aliphatic heterocycles. The molecule has 0 radical (unpaired) electrons. The highest BCUT2D eigenvalue weighted by atomic mass is 16.6. The molecule has 0 aliphatic carbocycles. The van der Waals surface area contributed by atoms with Crippen LogP contribution in [0.25, 0.3) is 0 Å². The number of rotatable bonds is 1. The van der Waals surface area contributed by atoms with E-state index in [2.05, 4.69) is 0 Å². The number of esters is 1. The maximum atomic E-state index is 11.6. The molecule has 1 atom stereocenters. The number of hydrogen-bond acceptors (Lipinski definition) is 2. The molecule has 0 N–H and O–H groups in total. The van der Waals surface area contributed by atoms with E-state index in [0.717, 1.165) is 23.1 Å². The molecule has 14 heavy (non-hydrogen) atoms. The fourth-order valence-corrected chi connectivity index (χ4v) is 2.10. The number of fused-ring (bicyclic) bond motifs is 1. The van der Waals surface area contributed by atoms with Crippen LogP contribution in [0.4, 0.5) is 0 Å². The highest BCUT2D eigenvalue weighted by Gasteiger charge is 2.40. The van der Waals surface area contributed by atoms with Gasteiger partial charge in [0, 0.05) is 5.56 Å². The molecule has 2 heteroatoms. The van der Waals surface area contributed by atoms with Crippen LogP contribution in [0.2, 0.25) is 0 Å². The summed E-state index contributed by atoms with van der Waals surface area (Å²) < 4.78 is 5.41. The van der Waals surface area contributed by atoms with E-state index in [9.17, 15) is 4.79 Å². The van der Waals surface area contributed by atoms with Crippen LogP contribution in [-0.2, 0) is 10.3 Å². The number of cyclic esters (lactones) is 1. The minimum Gasteiger partial charge on any atom is -0.451 e. The van der Waals surface area contributed by atoms with Crippen molar-refractivity contribution < 1.29 is 9.53 Å². The molecule has 1 heterocycles. The fourth-order valence-electron chi connectivity index (χ4n) is 2.10. The van der Waals surface area contributed by atoms with Gasteiger partial charge in [0.15, 0.2) is 0 Å². The maximum absolute atomic E-state index is 11.6. The lowest BCUT2D eigenvalue weighted by atomic mass is 9.88. The molecule has 1 unspecified atom stereocenters. The van der Waals surface area contributed by atoms with Gasteiger partial charge in [0.1, 0.15) is 5.60 Å². The van der Waals surface area contributed by atoms with Gasteiger partial charge in [-0.2, -0.15) is 0 Å². The van der Waals surface area contributed by atoms with Crippen molar-refractivity contribution in [1.82, 2.24) is 0 Å². The summed E-state index contributed by atoms with van der Waals surface area (Å²) in [5.41, 5.74) is 2.51. The minimum atomic E-state index is -0.419. The van der Waals surface area contributed by atoms with Crippen molar-refractivity contribution >= 4 is 5.97 Å². The van der Waals surface area contributed by atoms with E-state index in [1.54, 1.807) is 0 Å². The van der Waals surface area contributed by atoms with Crippen molar-refractivity contribution in [2.24, 2.45) is 0 Å². The monoisotopic (exact) mass is 190 g/mol. The lowest BCUT2D eigenvalue weighted by Gasteiger charge is -2.23. The number of carbonyl (C=O) groups is 1. The first-order chi connectivity index (χ1) is 6.58. The second-order valence-corrected chi connectivity index (χ2v) is 3.97. The Kier molecular flexibility index (Phi) is 1.88. The van der Waals surface area contributed by atoms with Crippen molar-refractivity contribution in [3.63, 3.8) is 0 Å². The average molecular weight is 190 g/mol. The molecule has 2 nitrogen and oxygen atoms in total. The Morgan fingerprint density at radius 1 is 1.43 bits per heavy atom. The standard InChI is InChI=1S/C12H14O2/c1-4-12(3)10-8(2)6-5-7-9(10)11(13)14-12/h5-7H,4H2,1-3H3. The molecule has 2 rings (SSSR count). The first-order valence-electron chi connectivity index (χ1n) is 4.92. The van der Waals surface area contributed by atoms with Crippen LogP contribution < -0.4 is 0 Å². The SMILES string of the molecule is CCC1(C)OC(=O)c2cccc(C)c21. The van der Waals surface area contributed by atoms with Gasteiger partial charge in [-0.1, -0.05) is 19.1 Å². The normalized spacial score (nSPS) is 24.6. The van der Waals surface area contributed by atoms with Crippen LogP contribution in [0.1, 0.15) is 41.8 Å². The smallest absolute Gasteiger partial charge is 0.339 e. The Hall–Kier alpha value is -1.31. The first-order valence-corrected chi connectivity index (χ1v) is 4.92. The lowest BCUT2D eigenvalue weighted by Crippen LogP contribution is -2.21. The minimum absolute atomic E-state index is 0.187. The van der Waals surface area contributed by atoms with E-state index in [1.807, 2.05) is 39.0 Å². The number of ether oxygens (including phenoxy) is 1. The molecule has 0 fully saturated rings. The molecule has 0 amide bonds. The molecule has 74 valence electrons. The summed E-state index contributed by atoms with van der Waals surface area (Å²) in [5, 5.41) is 0. The van der Waals surface area contributed by atoms with Crippen molar-refractivity contribution in [3.05, 3.63) is 34.9 Å². The third kappa shape index (κ3) is 1.07. The zero-order chi connectivity index (χ0) is 10.3. The molecule has 0 saturated carbocycles. The summed E-state index contributed by atoms with van der Waals surface area (Å²) in [4.78, 5) is 11.6. The Morgan fingerprint density at radius 2 is 2.14 bits per heavy atom. The molecule has 0 saturated heterocycles. The van der Waals surface area contributed by atoms with Crippen LogP contribution in [0, 0.1) is 6.92 Å². The predicted molar refractivity (Wildman–Crippen MR) is 54.2 cm³/mol. The average Bonchev–Trinajstić information content (AvgIpc) is 2.42. The van der Waals surface area contributed by atoms with Gasteiger partial charge in [0.2, 0.25) is 0 Å². The maximum Gasteiger partial charge on any atom is 0.339 e. The molecular formula is C12H14O2. The second-order valence-electron chi connectivity index (χ2n) is 3.97. The Labute approximate surface area is 83.9 Å². The van der Waals surface area contributed by atoms with Crippen LogP contribution in [0.3, 0.4) is 0 Å². The number of hydrogen-bond donors (Lipinski definition) is 0. The zero-order valence-electron chi connectivity index (χ0n) is 8.76. The molecule has 1 aliphatic rings. The lowest BCUT2D eigenvalue weighted by molar-refractivity contribution is -0.000951. The molecular weight excluding hydrogens is 176 g/mol. The number of benzene rings is 1. The quantitative estimate of drug-likeness (QED) is 0.636. The van der Waals surface area contributed by atoms with E-state index >= 15 is 0 Å². The van der Waals surface area contributed by atoms with Crippen molar-refractivity contribution in [2.45, 2.75) is 32.8 Å². The summed E-state index contributed by atoms with van der Waals surface area (Å²) in [7, 11) is 0. The Balaban J connectivity index is 2.68. The summed E-state index contributed by atoms with van der Waals surface area (Å²) >= 11 is 0. The highest BCUT2D eigenvalue weighted by Crippen LogP contribution is 2.40. The van der Waals surface area contributed by atoms with Crippen molar-refractivity contribution in [2.75, 3.05) is 0 Å². The van der Waals surface area contributed by atoms with Gasteiger partial charge in [0.25, 0.3) is 0 Å². The summed E-state index contributed by atoms with van der Waals surface area (Å²) in [6, 6.07) is 5.76. The van der Waals surface area contributed by atoms with Gasteiger partial charge < -0.3 is 4.74 Å². The van der Waals surface area contributed by atoms with E-state index in [0.29, 0.717) is 0 Å². The highest BCUT2D eigenvalue weighted by molar-refractivity contribution is 5.95. The van der Waals surface area contributed by atoms with Gasteiger partial charge in [0.05, 0.1) is 5.56 Å². The third-order valence-electron chi connectivity index (χ3n) is 3.01. The van der Waals surface area contributed by atoms with Gasteiger partial charge in [-0.05, 0) is 31.9 Å². The van der Waals surface area contributed by atoms with Crippen LogP contribution in [0.5, 0.6) is 0 Å². The second kappa shape index (κ2) is 2.84. The predicted octanol–water partition coefficient (Wildman–Crippen LogP) is 2.79. The topological polar surface area (TPSA) is 26.3 Å². The molecule has 1 aromatic rings. The van der Waals surface area contributed by atoms with Crippen molar-refractivity contribution in [1.29, 1.82) is 0 Å². The van der Waals surface area contributed by atoms with Crippen LogP contribution >= 0.6 is 0 Å². The number of carbonyl (C=O) groups excluding carboxylic acids is 1.